The van der Waals surface area contributed by atoms with Crippen LogP contribution in [0.2, 0.25) is 0 Å². The number of rotatable bonds is 4. The van der Waals surface area contributed by atoms with E-state index in [4.69, 9.17) is 4.74 Å². The van der Waals surface area contributed by atoms with Crippen LogP contribution in [0.15, 0.2) is 18.2 Å². The molecule has 3 heterocycles. The van der Waals surface area contributed by atoms with E-state index in [1.54, 1.807) is 18.2 Å². The predicted molar refractivity (Wildman–Crippen MR) is 99.0 cm³/mol. The van der Waals surface area contributed by atoms with Gasteiger partial charge in [-0.2, -0.15) is 0 Å². The summed E-state index contributed by atoms with van der Waals surface area (Å²) in [5.41, 5.74) is 0.495. The van der Waals surface area contributed by atoms with Crippen LogP contribution in [0.5, 0.6) is 5.88 Å². The van der Waals surface area contributed by atoms with E-state index < -0.39 is 0 Å². The molecule has 1 aromatic heterocycles. The fraction of sp³-hybridized carbons (Fsp3) is 0.684. The number of aliphatic hydroxyl groups is 1. The molecule has 2 fully saturated rings. The SMILES string of the molecule is CC(C)N1CCN(C(=O)Oc2cccc(CO)n2)C(C2CCNCC2)C1. The molecule has 0 radical (unpaired) electrons. The van der Waals surface area contributed by atoms with Crippen molar-refractivity contribution in [1.82, 2.24) is 20.1 Å². The first-order chi connectivity index (χ1) is 12.6. The summed E-state index contributed by atoms with van der Waals surface area (Å²) in [6.45, 7) is 8.68. The van der Waals surface area contributed by atoms with Crippen molar-refractivity contribution in [3.63, 3.8) is 0 Å². The number of aromatic nitrogens is 1. The standard InChI is InChI=1S/C19H30N4O3/c1-14(2)22-10-11-23(17(12-22)15-6-8-20-9-7-15)19(25)26-18-5-3-4-16(13-24)21-18/h3-5,14-15,17,20,24H,6-13H2,1-2H3. The summed E-state index contributed by atoms with van der Waals surface area (Å²) in [6, 6.07) is 5.74. The molecule has 0 saturated carbocycles. The summed E-state index contributed by atoms with van der Waals surface area (Å²) in [4.78, 5) is 21.4. The third-order valence-corrected chi connectivity index (χ3v) is 5.48. The van der Waals surface area contributed by atoms with E-state index in [1.165, 1.54) is 0 Å². The van der Waals surface area contributed by atoms with Crippen LogP contribution in [0.1, 0.15) is 32.4 Å². The van der Waals surface area contributed by atoms with Crippen molar-refractivity contribution in [2.75, 3.05) is 32.7 Å². The number of carbonyl (C=O) groups is 1. The molecule has 0 spiro atoms. The summed E-state index contributed by atoms with van der Waals surface area (Å²) in [7, 11) is 0. The van der Waals surface area contributed by atoms with Crippen LogP contribution in [0.4, 0.5) is 4.79 Å². The third-order valence-electron chi connectivity index (χ3n) is 5.48. The number of aliphatic hydroxyl groups excluding tert-OH is 1. The molecule has 0 bridgehead atoms. The largest absolute Gasteiger partial charge is 0.416 e. The molecule has 2 saturated heterocycles. The monoisotopic (exact) mass is 362 g/mol. The van der Waals surface area contributed by atoms with E-state index in [0.717, 1.165) is 39.0 Å². The van der Waals surface area contributed by atoms with E-state index in [1.807, 2.05) is 4.90 Å². The van der Waals surface area contributed by atoms with Gasteiger partial charge in [0.05, 0.1) is 18.3 Å². The van der Waals surface area contributed by atoms with Crippen LogP contribution in [0.3, 0.4) is 0 Å². The molecular formula is C19H30N4O3. The van der Waals surface area contributed by atoms with Gasteiger partial charge in [0.1, 0.15) is 0 Å². The van der Waals surface area contributed by atoms with Gasteiger partial charge >= 0.3 is 6.09 Å². The number of hydrogen-bond acceptors (Lipinski definition) is 6. The van der Waals surface area contributed by atoms with Crippen LogP contribution in [-0.2, 0) is 6.61 Å². The number of pyridine rings is 1. The number of nitrogens with one attached hydrogen (secondary N) is 1. The Morgan fingerprint density at radius 2 is 2.12 bits per heavy atom. The van der Waals surface area contributed by atoms with Gasteiger partial charge in [-0.05, 0) is 51.8 Å². The average molecular weight is 362 g/mol. The van der Waals surface area contributed by atoms with E-state index in [0.29, 0.717) is 24.2 Å². The van der Waals surface area contributed by atoms with Gasteiger partial charge in [-0.1, -0.05) is 6.07 Å². The predicted octanol–water partition coefficient (Wildman–Crippen LogP) is 1.47. The van der Waals surface area contributed by atoms with Crippen LogP contribution in [0.25, 0.3) is 0 Å². The first-order valence-electron chi connectivity index (χ1n) is 9.58. The topological polar surface area (TPSA) is 77.9 Å². The minimum Gasteiger partial charge on any atom is -0.391 e. The number of ether oxygens (including phenoxy) is 1. The van der Waals surface area contributed by atoms with Gasteiger partial charge in [-0.25, -0.2) is 9.78 Å². The van der Waals surface area contributed by atoms with Crippen molar-refractivity contribution in [3.05, 3.63) is 23.9 Å². The number of piperazine rings is 1. The molecule has 1 unspecified atom stereocenters. The summed E-state index contributed by atoms with van der Waals surface area (Å²) in [5.74, 6) is 0.735. The smallest absolute Gasteiger partial charge is 0.391 e. The van der Waals surface area contributed by atoms with Crippen molar-refractivity contribution in [2.24, 2.45) is 5.92 Å². The Kier molecular flexibility index (Phi) is 6.45. The number of carbonyl (C=O) groups excluding carboxylic acids is 1. The van der Waals surface area contributed by atoms with Crippen LogP contribution < -0.4 is 10.1 Å². The minimum atomic E-state index is -0.334. The Balaban J connectivity index is 1.72. The zero-order chi connectivity index (χ0) is 18.5. The van der Waals surface area contributed by atoms with E-state index in [-0.39, 0.29) is 24.6 Å². The molecule has 3 rings (SSSR count). The van der Waals surface area contributed by atoms with Gasteiger partial charge in [0, 0.05) is 31.7 Å². The second-order valence-corrected chi connectivity index (χ2v) is 7.43. The quantitative estimate of drug-likeness (QED) is 0.845. The third kappa shape index (κ3) is 4.52. The summed E-state index contributed by atoms with van der Waals surface area (Å²) in [5, 5.41) is 12.6. The van der Waals surface area contributed by atoms with Gasteiger partial charge in [0.2, 0.25) is 5.88 Å². The van der Waals surface area contributed by atoms with E-state index >= 15 is 0 Å². The summed E-state index contributed by atoms with van der Waals surface area (Å²) < 4.78 is 5.54. The second kappa shape index (κ2) is 8.79. The van der Waals surface area contributed by atoms with Crippen molar-refractivity contribution in [3.8, 4) is 5.88 Å². The van der Waals surface area contributed by atoms with Crippen molar-refractivity contribution < 1.29 is 14.6 Å². The molecule has 0 aliphatic carbocycles. The Bertz CT molecular complexity index is 604. The highest BCUT2D eigenvalue weighted by Gasteiger charge is 2.37. The maximum absolute atomic E-state index is 12.9. The van der Waals surface area contributed by atoms with Crippen LogP contribution in [0, 0.1) is 5.92 Å². The number of hydrogen-bond donors (Lipinski definition) is 2. The fourth-order valence-electron chi connectivity index (χ4n) is 3.91. The van der Waals surface area contributed by atoms with Crippen molar-refractivity contribution in [2.45, 2.75) is 45.4 Å². The van der Waals surface area contributed by atoms with Gasteiger partial charge in [0.25, 0.3) is 0 Å². The first-order valence-corrected chi connectivity index (χ1v) is 9.58. The van der Waals surface area contributed by atoms with Gasteiger partial charge in [-0.3, -0.25) is 4.90 Å². The summed E-state index contributed by atoms with van der Waals surface area (Å²) in [6.07, 6.45) is 1.83. The molecular weight excluding hydrogens is 332 g/mol. The molecule has 26 heavy (non-hydrogen) atoms. The van der Waals surface area contributed by atoms with Gasteiger partial charge in [-0.15, -0.1) is 0 Å². The lowest BCUT2D eigenvalue weighted by Crippen LogP contribution is -2.60. The Morgan fingerprint density at radius 1 is 1.35 bits per heavy atom. The highest BCUT2D eigenvalue weighted by Crippen LogP contribution is 2.26. The molecule has 1 atom stereocenters. The van der Waals surface area contributed by atoms with Crippen molar-refractivity contribution >= 4 is 6.09 Å². The molecule has 144 valence electrons. The van der Waals surface area contributed by atoms with E-state index in [9.17, 15) is 9.90 Å². The molecule has 2 N–H and O–H groups in total. The number of piperidine rings is 1. The van der Waals surface area contributed by atoms with E-state index in [2.05, 4.69) is 29.0 Å². The molecule has 1 amide bonds. The Morgan fingerprint density at radius 3 is 2.81 bits per heavy atom. The summed E-state index contributed by atoms with van der Waals surface area (Å²) >= 11 is 0. The highest BCUT2D eigenvalue weighted by molar-refractivity contribution is 5.70. The Hall–Kier alpha value is -1.70. The molecule has 0 aromatic carbocycles. The zero-order valence-electron chi connectivity index (χ0n) is 15.7. The molecule has 7 nitrogen and oxygen atoms in total. The average Bonchev–Trinajstić information content (AvgIpc) is 2.68. The first kappa shape index (κ1) is 19.1. The van der Waals surface area contributed by atoms with Crippen LogP contribution >= 0.6 is 0 Å². The number of amides is 1. The molecule has 2 aliphatic heterocycles. The van der Waals surface area contributed by atoms with Gasteiger partial charge in [0.15, 0.2) is 0 Å². The maximum Gasteiger partial charge on any atom is 0.416 e. The molecule has 1 aromatic rings. The fourth-order valence-corrected chi connectivity index (χ4v) is 3.91. The molecule has 2 aliphatic rings. The minimum absolute atomic E-state index is 0.168. The lowest BCUT2D eigenvalue weighted by molar-refractivity contribution is 0.0268. The normalized spacial score (nSPS) is 22.6. The second-order valence-electron chi connectivity index (χ2n) is 7.43. The zero-order valence-corrected chi connectivity index (χ0v) is 15.7. The lowest BCUT2D eigenvalue weighted by atomic mass is 9.87. The highest BCUT2D eigenvalue weighted by atomic mass is 16.6. The van der Waals surface area contributed by atoms with Gasteiger partial charge < -0.3 is 20.1 Å². The lowest BCUT2D eigenvalue weighted by Gasteiger charge is -2.46. The number of nitrogens with zero attached hydrogens (tertiary/aromatic N) is 3. The van der Waals surface area contributed by atoms with Crippen LogP contribution in [-0.4, -0.2) is 70.8 Å². The Labute approximate surface area is 155 Å². The maximum atomic E-state index is 12.9. The molecule has 7 heteroatoms. The van der Waals surface area contributed by atoms with Crippen molar-refractivity contribution in [1.29, 1.82) is 0 Å².